The fourth-order valence-electron chi connectivity index (χ4n) is 2.35. The molecule has 1 aliphatic rings. The summed E-state index contributed by atoms with van der Waals surface area (Å²) in [5, 5.41) is 0. The number of sulfonamides is 1. The van der Waals surface area contributed by atoms with E-state index in [0.717, 1.165) is 18.4 Å². The van der Waals surface area contributed by atoms with Crippen LogP contribution in [0.1, 0.15) is 18.4 Å². The lowest BCUT2D eigenvalue weighted by Gasteiger charge is -2.34. The Morgan fingerprint density at radius 3 is 2.61 bits per heavy atom. The highest BCUT2D eigenvalue weighted by Gasteiger charge is 2.30. The summed E-state index contributed by atoms with van der Waals surface area (Å²) in [5.41, 5.74) is 6.67. The quantitative estimate of drug-likeness (QED) is 0.896. The lowest BCUT2D eigenvalue weighted by atomic mass is 9.81. The van der Waals surface area contributed by atoms with Gasteiger partial charge >= 0.3 is 0 Å². The summed E-state index contributed by atoms with van der Waals surface area (Å²) in [6.45, 7) is 2.45. The van der Waals surface area contributed by atoms with Gasteiger partial charge in [-0.1, -0.05) is 12.1 Å². The molecule has 2 N–H and O–H groups in total. The van der Waals surface area contributed by atoms with Crippen LogP contribution in [0.2, 0.25) is 0 Å². The number of rotatable bonds is 4. The van der Waals surface area contributed by atoms with E-state index >= 15 is 0 Å². The third-order valence-corrected chi connectivity index (χ3v) is 5.30. The fourth-order valence-corrected chi connectivity index (χ4v) is 3.71. The van der Waals surface area contributed by atoms with Crippen LogP contribution < -0.4 is 5.73 Å². The largest absolute Gasteiger partial charge is 0.328 e. The minimum Gasteiger partial charge on any atom is -0.328 e. The summed E-state index contributed by atoms with van der Waals surface area (Å²) >= 11 is 0. The Kier molecular flexibility index (Phi) is 3.75. The van der Waals surface area contributed by atoms with Crippen molar-refractivity contribution in [1.82, 2.24) is 4.31 Å². The Hall–Kier alpha value is -0.910. The molecule has 1 aromatic carbocycles. The molecule has 1 aromatic rings. The van der Waals surface area contributed by atoms with E-state index in [9.17, 15) is 8.42 Å². The molecule has 0 aromatic heterocycles. The molecule has 0 unspecified atom stereocenters. The molecule has 1 fully saturated rings. The predicted octanol–water partition coefficient (Wildman–Crippen LogP) is 1.35. The van der Waals surface area contributed by atoms with Crippen molar-refractivity contribution in [1.29, 1.82) is 0 Å². The van der Waals surface area contributed by atoms with Crippen LogP contribution in [0.3, 0.4) is 0 Å². The van der Waals surface area contributed by atoms with Crippen molar-refractivity contribution < 1.29 is 8.42 Å². The Morgan fingerprint density at radius 2 is 2.06 bits per heavy atom. The highest BCUT2D eigenvalue weighted by atomic mass is 32.2. The molecule has 0 atom stereocenters. The summed E-state index contributed by atoms with van der Waals surface area (Å²) in [6.07, 6.45) is 1.85. The van der Waals surface area contributed by atoms with Gasteiger partial charge in [0.25, 0.3) is 0 Å². The van der Waals surface area contributed by atoms with Crippen LogP contribution in [0.25, 0.3) is 0 Å². The highest BCUT2D eigenvalue weighted by molar-refractivity contribution is 7.89. The number of hydrogen-bond acceptors (Lipinski definition) is 3. The molecular weight excluding hydrogens is 248 g/mol. The zero-order chi connectivity index (χ0) is 13.3. The Balaban J connectivity index is 2.10. The van der Waals surface area contributed by atoms with E-state index in [1.54, 1.807) is 25.2 Å². The maximum atomic E-state index is 12.3. The smallest absolute Gasteiger partial charge is 0.242 e. The second-order valence-electron chi connectivity index (χ2n) is 5.20. The van der Waals surface area contributed by atoms with Crippen LogP contribution in [0, 0.1) is 12.8 Å². The molecule has 1 aliphatic carbocycles. The number of benzene rings is 1. The van der Waals surface area contributed by atoms with Crippen LogP contribution in [0.4, 0.5) is 0 Å². The summed E-state index contributed by atoms with van der Waals surface area (Å²) < 4.78 is 26.1. The lowest BCUT2D eigenvalue weighted by molar-refractivity contribution is 0.227. The summed E-state index contributed by atoms with van der Waals surface area (Å²) in [5.74, 6) is 0.407. The second-order valence-corrected chi connectivity index (χ2v) is 7.24. The summed E-state index contributed by atoms with van der Waals surface area (Å²) in [4.78, 5) is 0.369. The molecule has 0 heterocycles. The molecule has 0 spiro atoms. The van der Waals surface area contributed by atoms with E-state index in [1.165, 1.54) is 4.31 Å². The van der Waals surface area contributed by atoms with Gasteiger partial charge < -0.3 is 5.73 Å². The number of nitrogens with two attached hydrogens (primary N) is 1. The predicted molar refractivity (Wildman–Crippen MR) is 71.7 cm³/mol. The first-order valence-corrected chi connectivity index (χ1v) is 7.62. The molecule has 0 aliphatic heterocycles. The normalized spacial score (nSPS) is 24.0. The standard InChI is InChI=1S/C13H20N2O2S/c1-10-4-3-5-13(6-10)18(16,17)15(2)9-11-7-12(14)8-11/h3-6,11-12H,7-9,14H2,1-2H3. The molecule has 18 heavy (non-hydrogen) atoms. The summed E-state index contributed by atoms with van der Waals surface area (Å²) in [6, 6.07) is 7.27. The monoisotopic (exact) mass is 268 g/mol. The maximum absolute atomic E-state index is 12.3. The van der Waals surface area contributed by atoms with Crippen LogP contribution >= 0.6 is 0 Å². The van der Waals surface area contributed by atoms with Gasteiger partial charge in [0, 0.05) is 19.6 Å². The molecule has 0 bridgehead atoms. The van der Waals surface area contributed by atoms with Crippen molar-refractivity contribution in [3.8, 4) is 0 Å². The van der Waals surface area contributed by atoms with E-state index in [4.69, 9.17) is 5.73 Å². The molecule has 2 rings (SSSR count). The molecule has 0 saturated heterocycles. The van der Waals surface area contributed by atoms with Gasteiger partial charge in [-0.05, 0) is 43.4 Å². The van der Waals surface area contributed by atoms with Gasteiger partial charge in [-0.25, -0.2) is 12.7 Å². The van der Waals surface area contributed by atoms with Crippen molar-refractivity contribution in [2.45, 2.75) is 30.7 Å². The molecule has 4 nitrogen and oxygen atoms in total. The van der Waals surface area contributed by atoms with Gasteiger partial charge in [-0.15, -0.1) is 0 Å². The molecule has 5 heteroatoms. The van der Waals surface area contributed by atoms with E-state index in [1.807, 2.05) is 13.0 Å². The molecule has 1 saturated carbocycles. The number of hydrogen-bond donors (Lipinski definition) is 1. The van der Waals surface area contributed by atoms with E-state index in [0.29, 0.717) is 17.4 Å². The van der Waals surface area contributed by atoms with Crippen molar-refractivity contribution in [2.75, 3.05) is 13.6 Å². The minimum absolute atomic E-state index is 0.255. The highest BCUT2D eigenvalue weighted by Crippen LogP contribution is 2.27. The summed E-state index contributed by atoms with van der Waals surface area (Å²) in [7, 11) is -1.72. The third-order valence-electron chi connectivity index (χ3n) is 3.49. The third kappa shape index (κ3) is 2.74. The average molecular weight is 268 g/mol. The van der Waals surface area contributed by atoms with E-state index in [-0.39, 0.29) is 6.04 Å². The molecule has 0 amide bonds. The van der Waals surface area contributed by atoms with Crippen LogP contribution in [-0.4, -0.2) is 32.4 Å². The van der Waals surface area contributed by atoms with Gasteiger partial charge in [0.1, 0.15) is 0 Å². The maximum Gasteiger partial charge on any atom is 0.242 e. The van der Waals surface area contributed by atoms with E-state index in [2.05, 4.69) is 0 Å². The fraction of sp³-hybridized carbons (Fsp3) is 0.538. The van der Waals surface area contributed by atoms with Gasteiger partial charge in [-0.2, -0.15) is 0 Å². The first kappa shape index (κ1) is 13.5. The topological polar surface area (TPSA) is 63.4 Å². The lowest BCUT2D eigenvalue weighted by Crippen LogP contribution is -2.43. The van der Waals surface area contributed by atoms with Crippen molar-refractivity contribution in [3.63, 3.8) is 0 Å². The van der Waals surface area contributed by atoms with Gasteiger partial charge in [0.2, 0.25) is 10.0 Å². The minimum atomic E-state index is -3.36. The van der Waals surface area contributed by atoms with Crippen LogP contribution in [-0.2, 0) is 10.0 Å². The Morgan fingerprint density at radius 1 is 1.39 bits per heavy atom. The Bertz CT molecular complexity index is 522. The number of nitrogens with zero attached hydrogens (tertiary/aromatic N) is 1. The van der Waals surface area contributed by atoms with Gasteiger partial charge in [0.15, 0.2) is 0 Å². The van der Waals surface area contributed by atoms with Gasteiger partial charge in [-0.3, -0.25) is 0 Å². The average Bonchev–Trinajstić information content (AvgIpc) is 2.26. The molecular formula is C13H20N2O2S. The first-order chi connectivity index (χ1) is 8.39. The van der Waals surface area contributed by atoms with Crippen molar-refractivity contribution in [3.05, 3.63) is 29.8 Å². The molecule has 100 valence electrons. The van der Waals surface area contributed by atoms with Crippen LogP contribution in [0.5, 0.6) is 0 Å². The zero-order valence-electron chi connectivity index (χ0n) is 10.8. The zero-order valence-corrected chi connectivity index (χ0v) is 11.7. The van der Waals surface area contributed by atoms with Gasteiger partial charge in [0.05, 0.1) is 4.90 Å². The van der Waals surface area contributed by atoms with E-state index < -0.39 is 10.0 Å². The van der Waals surface area contributed by atoms with Crippen molar-refractivity contribution >= 4 is 10.0 Å². The number of aryl methyl sites for hydroxylation is 1. The Labute approximate surface area is 109 Å². The van der Waals surface area contributed by atoms with Crippen LogP contribution in [0.15, 0.2) is 29.2 Å². The van der Waals surface area contributed by atoms with Crippen molar-refractivity contribution in [2.24, 2.45) is 11.7 Å². The second kappa shape index (κ2) is 4.99. The SMILES string of the molecule is Cc1cccc(S(=O)(=O)N(C)CC2CC(N)C2)c1. The molecule has 0 radical (unpaired) electrons. The first-order valence-electron chi connectivity index (χ1n) is 6.18.